The molecule has 1 aliphatic heterocycles. The lowest BCUT2D eigenvalue weighted by Crippen LogP contribution is -2.35. The van der Waals surface area contributed by atoms with E-state index >= 15 is 0 Å². The number of imidazole rings is 1. The SMILES string of the molecule is C=C(CCn1cc(-c2cnc(N)c(C(F)(F)F)c2)nc1C(O)C(F)(F)F)N1CCOCC1. The number of morpholine rings is 1. The topological polar surface area (TPSA) is 89.4 Å². The molecule has 0 aliphatic carbocycles. The van der Waals surface area contributed by atoms with E-state index in [4.69, 9.17) is 10.5 Å². The molecule has 176 valence electrons. The molecule has 0 amide bonds. The third kappa shape index (κ3) is 5.33. The number of hydrogen-bond acceptors (Lipinski definition) is 6. The number of halogens is 6. The van der Waals surface area contributed by atoms with Crippen LogP contribution in [-0.4, -0.2) is 57.0 Å². The van der Waals surface area contributed by atoms with E-state index in [-0.39, 0.29) is 24.2 Å². The molecule has 3 heterocycles. The van der Waals surface area contributed by atoms with Gasteiger partial charge in [0, 0.05) is 49.7 Å². The van der Waals surface area contributed by atoms with Gasteiger partial charge in [-0.2, -0.15) is 26.3 Å². The van der Waals surface area contributed by atoms with Gasteiger partial charge in [0.05, 0.1) is 24.5 Å². The molecule has 1 fully saturated rings. The van der Waals surface area contributed by atoms with Crippen LogP contribution in [0.5, 0.6) is 0 Å². The van der Waals surface area contributed by atoms with Gasteiger partial charge in [0.15, 0.2) is 0 Å². The van der Waals surface area contributed by atoms with Crippen LogP contribution in [0.2, 0.25) is 0 Å². The molecular weight excluding hydrogens is 444 g/mol. The summed E-state index contributed by atoms with van der Waals surface area (Å²) in [6, 6.07) is 0.658. The van der Waals surface area contributed by atoms with Gasteiger partial charge < -0.3 is 25.0 Å². The maximum absolute atomic E-state index is 13.2. The van der Waals surface area contributed by atoms with Crippen molar-refractivity contribution < 1.29 is 36.2 Å². The van der Waals surface area contributed by atoms with Crippen LogP contribution in [0.3, 0.4) is 0 Å². The van der Waals surface area contributed by atoms with Crippen LogP contribution in [0.1, 0.15) is 23.9 Å². The molecule has 3 rings (SSSR count). The molecule has 32 heavy (non-hydrogen) atoms. The van der Waals surface area contributed by atoms with Crippen molar-refractivity contribution in [2.75, 3.05) is 32.0 Å². The average molecular weight is 465 g/mol. The van der Waals surface area contributed by atoms with Crippen LogP contribution in [0.15, 0.2) is 30.7 Å². The number of nitrogens with two attached hydrogens (primary N) is 1. The molecule has 7 nitrogen and oxygen atoms in total. The van der Waals surface area contributed by atoms with Gasteiger partial charge in [0.2, 0.25) is 6.10 Å². The van der Waals surface area contributed by atoms with Gasteiger partial charge in [0.1, 0.15) is 11.6 Å². The lowest BCUT2D eigenvalue weighted by Gasteiger charge is -2.30. The van der Waals surface area contributed by atoms with Crippen LogP contribution in [-0.2, 0) is 17.5 Å². The standard InChI is InChI=1S/C19H21F6N5O2/c1-11(29-4-6-32-7-5-29)2-3-30-10-14(28-17(30)15(31)19(23,24)25)12-8-13(18(20,21)22)16(26)27-9-12/h8-10,15,31H,1-7H2,(H2,26,27). The number of aliphatic hydroxyl groups excluding tert-OH is 1. The van der Waals surface area contributed by atoms with Crippen molar-refractivity contribution in [3.8, 4) is 11.3 Å². The largest absolute Gasteiger partial charge is 0.421 e. The number of anilines is 1. The van der Waals surface area contributed by atoms with Gasteiger partial charge in [-0.3, -0.25) is 0 Å². The number of ether oxygens (including phenoxy) is 1. The van der Waals surface area contributed by atoms with Gasteiger partial charge in [-0.05, 0) is 6.07 Å². The van der Waals surface area contributed by atoms with Crippen molar-refractivity contribution in [2.24, 2.45) is 0 Å². The Balaban J connectivity index is 1.92. The summed E-state index contributed by atoms with van der Waals surface area (Å²) < 4.78 is 85.2. The molecule has 1 aliphatic rings. The highest BCUT2D eigenvalue weighted by atomic mass is 19.4. The zero-order valence-electron chi connectivity index (χ0n) is 16.7. The second kappa shape index (κ2) is 8.98. The molecular formula is C19H21F6N5O2. The first-order chi connectivity index (χ1) is 14.9. The molecule has 3 N–H and O–H groups in total. The molecule has 0 radical (unpaired) electrons. The Morgan fingerprint density at radius 1 is 1.22 bits per heavy atom. The van der Waals surface area contributed by atoms with Crippen LogP contribution in [0.4, 0.5) is 32.2 Å². The van der Waals surface area contributed by atoms with Crippen molar-refractivity contribution in [1.82, 2.24) is 19.4 Å². The molecule has 1 atom stereocenters. The second-order valence-electron chi connectivity index (χ2n) is 7.19. The number of allylic oxidation sites excluding steroid dienone is 1. The number of aromatic nitrogens is 3. The fraction of sp³-hybridized carbons (Fsp3) is 0.474. The molecule has 1 unspecified atom stereocenters. The summed E-state index contributed by atoms with van der Waals surface area (Å²) in [6.45, 7) is 6.07. The molecule has 1 saturated heterocycles. The summed E-state index contributed by atoms with van der Waals surface area (Å²) in [6.07, 6.45) is -10.4. The van der Waals surface area contributed by atoms with Crippen LogP contribution >= 0.6 is 0 Å². The zero-order chi connectivity index (χ0) is 23.7. The highest BCUT2D eigenvalue weighted by Gasteiger charge is 2.42. The van der Waals surface area contributed by atoms with Crippen molar-refractivity contribution in [1.29, 1.82) is 0 Å². The third-order valence-electron chi connectivity index (χ3n) is 4.98. The quantitative estimate of drug-likeness (QED) is 0.636. The number of pyridine rings is 1. The molecule has 2 aromatic rings. The predicted octanol–water partition coefficient (Wildman–Crippen LogP) is 3.38. The Bertz CT molecular complexity index is 966. The summed E-state index contributed by atoms with van der Waals surface area (Å²) in [7, 11) is 0. The van der Waals surface area contributed by atoms with Gasteiger partial charge >= 0.3 is 12.4 Å². The number of rotatable bonds is 6. The van der Waals surface area contributed by atoms with Crippen LogP contribution in [0.25, 0.3) is 11.3 Å². The van der Waals surface area contributed by atoms with Gasteiger partial charge in [-0.15, -0.1) is 0 Å². The van der Waals surface area contributed by atoms with E-state index in [0.717, 1.165) is 17.0 Å². The van der Waals surface area contributed by atoms with Crippen molar-refractivity contribution in [3.05, 3.63) is 42.1 Å². The minimum Gasteiger partial charge on any atom is -0.383 e. The Morgan fingerprint density at radius 3 is 2.47 bits per heavy atom. The van der Waals surface area contributed by atoms with Crippen LogP contribution < -0.4 is 5.73 Å². The first-order valence-corrected chi connectivity index (χ1v) is 9.53. The third-order valence-corrected chi connectivity index (χ3v) is 4.98. The fourth-order valence-electron chi connectivity index (χ4n) is 3.24. The monoisotopic (exact) mass is 465 g/mol. The summed E-state index contributed by atoms with van der Waals surface area (Å²) in [4.78, 5) is 9.18. The molecule has 2 aromatic heterocycles. The van der Waals surface area contributed by atoms with E-state index in [9.17, 15) is 31.4 Å². The van der Waals surface area contributed by atoms with E-state index in [1.807, 2.05) is 4.90 Å². The Labute approximate surface area is 179 Å². The first-order valence-electron chi connectivity index (χ1n) is 9.53. The van der Waals surface area contributed by atoms with E-state index in [2.05, 4.69) is 16.5 Å². The van der Waals surface area contributed by atoms with Crippen molar-refractivity contribution in [3.63, 3.8) is 0 Å². The van der Waals surface area contributed by atoms with E-state index in [1.165, 1.54) is 0 Å². The number of aryl methyl sites for hydroxylation is 1. The summed E-state index contributed by atoms with van der Waals surface area (Å²) in [5.41, 5.74) is 4.30. The van der Waals surface area contributed by atoms with Gasteiger partial charge in [0.25, 0.3) is 0 Å². The molecule has 0 spiro atoms. The molecule has 0 saturated carbocycles. The smallest absolute Gasteiger partial charge is 0.383 e. The summed E-state index contributed by atoms with van der Waals surface area (Å²) in [5, 5.41) is 9.77. The minimum absolute atomic E-state index is 0.0276. The van der Waals surface area contributed by atoms with E-state index < -0.39 is 35.7 Å². The average Bonchev–Trinajstić information content (AvgIpc) is 3.14. The molecule has 0 bridgehead atoms. The van der Waals surface area contributed by atoms with E-state index in [1.54, 1.807) is 0 Å². The second-order valence-corrected chi connectivity index (χ2v) is 7.19. The van der Waals surface area contributed by atoms with Crippen molar-refractivity contribution in [2.45, 2.75) is 31.4 Å². The normalized spacial score (nSPS) is 16.3. The summed E-state index contributed by atoms with van der Waals surface area (Å²) >= 11 is 0. The van der Waals surface area contributed by atoms with Gasteiger partial charge in [-0.25, -0.2) is 9.97 Å². The Hall–Kier alpha value is -2.80. The number of hydrogen-bond donors (Lipinski definition) is 2. The minimum atomic E-state index is -5.02. The number of aliphatic hydroxyl groups is 1. The summed E-state index contributed by atoms with van der Waals surface area (Å²) in [5.74, 6) is -1.51. The lowest BCUT2D eigenvalue weighted by atomic mass is 10.1. The fourth-order valence-corrected chi connectivity index (χ4v) is 3.24. The maximum Gasteiger partial charge on any atom is 0.421 e. The van der Waals surface area contributed by atoms with E-state index in [0.29, 0.717) is 38.1 Å². The number of alkyl halides is 6. The first kappa shape index (κ1) is 23.9. The maximum atomic E-state index is 13.2. The van der Waals surface area contributed by atoms with Gasteiger partial charge in [-0.1, -0.05) is 6.58 Å². The Morgan fingerprint density at radius 2 is 1.88 bits per heavy atom. The lowest BCUT2D eigenvalue weighted by molar-refractivity contribution is -0.209. The van der Waals surface area contributed by atoms with Crippen LogP contribution in [0, 0.1) is 0 Å². The number of nitrogens with zero attached hydrogens (tertiary/aromatic N) is 4. The van der Waals surface area contributed by atoms with Crippen molar-refractivity contribution >= 4 is 5.82 Å². The highest BCUT2D eigenvalue weighted by Crippen LogP contribution is 2.37. The Kier molecular flexibility index (Phi) is 6.69. The highest BCUT2D eigenvalue weighted by molar-refractivity contribution is 5.62. The molecule has 13 heteroatoms. The molecule has 0 aromatic carbocycles. The number of nitrogen functional groups attached to an aromatic ring is 1. The zero-order valence-corrected chi connectivity index (χ0v) is 16.7. The predicted molar refractivity (Wildman–Crippen MR) is 102 cm³/mol.